The molecule has 7 nitrogen and oxygen atoms in total. The topological polar surface area (TPSA) is 87.7 Å². The van der Waals surface area contributed by atoms with Crippen LogP contribution in [0, 0.1) is 19.8 Å². The van der Waals surface area contributed by atoms with Crippen LogP contribution in [0.1, 0.15) is 84.5 Å². The third-order valence-electron chi connectivity index (χ3n) is 5.35. The molecule has 1 rings (SSSR count). The van der Waals surface area contributed by atoms with Gasteiger partial charge in [0, 0.05) is 12.6 Å². The fourth-order valence-corrected chi connectivity index (χ4v) is 3.56. The van der Waals surface area contributed by atoms with Crippen molar-refractivity contribution in [1.29, 1.82) is 0 Å². The Hall–Kier alpha value is -2.57. The van der Waals surface area contributed by atoms with Crippen LogP contribution in [0.2, 0.25) is 0 Å². The first-order valence-electron chi connectivity index (χ1n) is 11.6. The van der Waals surface area contributed by atoms with Crippen LogP contribution in [-0.4, -0.2) is 47.0 Å². The first kappa shape index (κ1) is 28.5. The Labute approximate surface area is 199 Å². The molecule has 0 saturated carbocycles. The van der Waals surface area contributed by atoms with Crippen molar-refractivity contribution in [2.45, 2.75) is 98.9 Å². The van der Waals surface area contributed by atoms with Crippen molar-refractivity contribution in [2.75, 3.05) is 7.05 Å². The van der Waals surface area contributed by atoms with Gasteiger partial charge in [-0.15, -0.1) is 0 Å². The number of carbonyl (C=O) groups excluding carboxylic acids is 3. The molecule has 3 atom stereocenters. The van der Waals surface area contributed by atoms with E-state index in [0.29, 0.717) is 6.42 Å². The minimum Gasteiger partial charge on any atom is -0.444 e. The van der Waals surface area contributed by atoms with Crippen molar-refractivity contribution in [3.63, 3.8) is 0 Å². The smallest absolute Gasteiger partial charge is 0.408 e. The fraction of sp³-hybridized carbons (Fsp3) is 0.654. The van der Waals surface area contributed by atoms with Crippen LogP contribution in [0.4, 0.5) is 4.79 Å². The van der Waals surface area contributed by atoms with Crippen molar-refractivity contribution < 1.29 is 19.1 Å². The van der Waals surface area contributed by atoms with Crippen molar-refractivity contribution in [2.24, 2.45) is 5.92 Å². The third-order valence-corrected chi connectivity index (χ3v) is 5.35. The van der Waals surface area contributed by atoms with E-state index in [1.165, 1.54) is 4.90 Å². The van der Waals surface area contributed by atoms with E-state index >= 15 is 0 Å². The highest BCUT2D eigenvalue weighted by atomic mass is 16.6. The highest BCUT2D eigenvalue weighted by Crippen LogP contribution is 2.27. The normalized spacial score (nSPS) is 14.6. The summed E-state index contributed by atoms with van der Waals surface area (Å²) < 4.78 is 5.38. The Kier molecular flexibility index (Phi) is 9.52. The molecule has 0 spiro atoms. The van der Waals surface area contributed by atoms with E-state index in [0.717, 1.165) is 16.7 Å². The first-order valence-corrected chi connectivity index (χ1v) is 11.6. The molecular formula is C26H43N3O4. The quantitative estimate of drug-likeness (QED) is 0.618. The van der Waals surface area contributed by atoms with Gasteiger partial charge in [-0.05, 0) is 72.4 Å². The molecule has 3 amide bonds. The number of rotatable bonds is 7. The lowest BCUT2D eigenvalue weighted by molar-refractivity contribution is -0.142. The number of aryl methyl sites for hydroxylation is 2. The maximum atomic E-state index is 13.7. The number of benzene rings is 1. The Balaban J connectivity index is 3.38. The van der Waals surface area contributed by atoms with Crippen LogP contribution in [0.3, 0.4) is 0 Å². The summed E-state index contributed by atoms with van der Waals surface area (Å²) >= 11 is 0. The number of amides is 3. The van der Waals surface area contributed by atoms with E-state index < -0.39 is 29.3 Å². The number of alkyl carbamates (subject to hydrolysis) is 1. The van der Waals surface area contributed by atoms with E-state index in [1.807, 2.05) is 66.7 Å². The molecule has 0 aromatic heterocycles. The van der Waals surface area contributed by atoms with E-state index in [4.69, 9.17) is 4.74 Å². The lowest BCUT2D eigenvalue weighted by Gasteiger charge is -2.35. The largest absolute Gasteiger partial charge is 0.444 e. The van der Waals surface area contributed by atoms with Crippen molar-refractivity contribution in [3.8, 4) is 0 Å². The zero-order valence-electron chi connectivity index (χ0n) is 22.3. The van der Waals surface area contributed by atoms with Gasteiger partial charge in [-0.25, -0.2) is 4.79 Å². The van der Waals surface area contributed by atoms with E-state index in [-0.39, 0.29) is 17.7 Å². The second-order valence-corrected chi connectivity index (χ2v) is 11.0. The van der Waals surface area contributed by atoms with Gasteiger partial charge in [0.15, 0.2) is 0 Å². The Morgan fingerprint density at radius 1 is 1.06 bits per heavy atom. The fourth-order valence-electron chi connectivity index (χ4n) is 3.56. The summed E-state index contributed by atoms with van der Waals surface area (Å²) in [5.74, 6) is -0.771. The van der Waals surface area contributed by atoms with Gasteiger partial charge < -0.3 is 20.3 Å². The molecule has 0 aliphatic carbocycles. The number of hydrogen-bond donors (Lipinski definition) is 2. The molecule has 0 aliphatic heterocycles. The zero-order chi connectivity index (χ0) is 25.7. The molecule has 0 saturated heterocycles. The molecule has 7 heteroatoms. The SMILES string of the molecule is CCC(C)C(NC(=O)OC(C)(C)C)C(=O)N(C)C(C(=O)NC(C)(C)C)c1ccc(C)cc1C. The minimum atomic E-state index is -0.843. The molecule has 1 aromatic rings. The lowest BCUT2D eigenvalue weighted by atomic mass is 9.93. The van der Waals surface area contributed by atoms with Gasteiger partial charge >= 0.3 is 6.09 Å². The van der Waals surface area contributed by atoms with E-state index in [2.05, 4.69) is 10.6 Å². The van der Waals surface area contributed by atoms with Crippen LogP contribution < -0.4 is 10.6 Å². The van der Waals surface area contributed by atoms with Gasteiger partial charge in [-0.2, -0.15) is 0 Å². The first-order chi connectivity index (χ1) is 15.0. The summed E-state index contributed by atoms with van der Waals surface area (Å²) in [5.41, 5.74) is 1.59. The van der Waals surface area contributed by atoms with Crippen LogP contribution in [0.25, 0.3) is 0 Å². The molecule has 186 valence electrons. The molecule has 0 radical (unpaired) electrons. The predicted octanol–water partition coefficient (Wildman–Crippen LogP) is 4.66. The molecule has 0 aliphatic rings. The summed E-state index contributed by atoms with van der Waals surface area (Å²) in [6.45, 7) is 18.8. The zero-order valence-corrected chi connectivity index (χ0v) is 22.3. The number of hydrogen-bond acceptors (Lipinski definition) is 4. The van der Waals surface area contributed by atoms with Crippen LogP contribution in [-0.2, 0) is 14.3 Å². The highest BCUT2D eigenvalue weighted by molar-refractivity contribution is 5.92. The second kappa shape index (κ2) is 11.0. The van der Waals surface area contributed by atoms with Gasteiger partial charge in [-0.3, -0.25) is 9.59 Å². The van der Waals surface area contributed by atoms with Gasteiger partial charge in [0.2, 0.25) is 11.8 Å². The molecule has 0 fully saturated rings. The average Bonchev–Trinajstić information content (AvgIpc) is 2.63. The summed E-state index contributed by atoms with van der Waals surface area (Å²) in [6, 6.07) is 4.15. The maximum absolute atomic E-state index is 13.7. The monoisotopic (exact) mass is 461 g/mol. The number of nitrogens with one attached hydrogen (secondary N) is 2. The van der Waals surface area contributed by atoms with Crippen LogP contribution in [0.15, 0.2) is 18.2 Å². The third kappa shape index (κ3) is 8.71. The number of ether oxygens (including phenoxy) is 1. The molecular weight excluding hydrogens is 418 g/mol. The van der Waals surface area contributed by atoms with Crippen molar-refractivity contribution >= 4 is 17.9 Å². The van der Waals surface area contributed by atoms with Gasteiger partial charge in [0.05, 0.1) is 0 Å². The summed E-state index contributed by atoms with van der Waals surface area (Å²) in [6.07, 6.45) is 0.0133. The molecule has 3 unspecified atom stereocenters. The van der Waals surface area contributed by atoms with Crippen LogP contribution in [0.5, 0.6) is 0 Å². The lowest BCUT2D eigenvalue weighted by Crippen LogP contribution is -2.55. The van der Waals surface area contributed by atoms with Gasteiger partial charge in [0.25, 0.3) is 0 Å². The summed E-state index contributed by atoms with van der Waals surface area (Å²) in [4.78, 5) is 41.0. The Morgan fingerprint density at radius 2 is 1.64 bits per heavy atom. The molecule has 33 heavy (non-hydrogen) atoms. The summed E-state index contributed by atoms with van der Waals surface area (Å²) in [7, 11) is 1.61. The summed E-state index contributed by atoms with van der Waals surface area (Å²) in [5, 5.41) is 5.74. The second-order valence-electron chi connectivity index (χ2n) is 11.0. The van der Waals surface area contributed by atoms with E-state index in [9.17, 15) is 14.4 Å². The Morgan fingerprint density at radius 3 is 2.09 bits per heavy atom. The molecule has 2 N–H and O–H groups in total. The van der Waals surface area contributed by atoms with Crippen LogP contribution >= 0.6 is 0 Å². The average molecular weight is 462 g/mol. The van der Waals surface area contributed by atoms with E-state index in [1.54, 1.807) is 27.8 Å². The van der Waals surface area contributed by atoms with Gasteiger partial charge in [0.1, 0.15) is 17.7 Å². The maximum Gasteiger partial charge on any atom is 0.408 e. The number of nitrogens with zero attached hydrogens (tertiary/aromatic N) is 1. The number of carbonyl (C=O) groups is 3. The van der Waals surface area contributed by atoms with Gasteiger partial charge in [-0.1, -0.05) is 44.0 Å². The molecule has 0 heterocycles. The highest BCUT2D eigenvalue weighted by Gasteiger charge is 2.37. The number of likely N-dealkylation sites (N-methyl/N-ethyl adjacent to an activating group) is 1. The molecule has 1 aromatic carbocycles. The standard InChI is InChI=1S/C26H43N3O4/c1-12-17(3)20(27-24(32)33-26(8,9)10)23(31)29(11)21(22(30)28-25(5,6)7)19-14-13-16(2)15-18(19)4/h13-15,17,20-21H,12H2,1-11H3,(H,27,32)(H,28,30). The molecule has 0 bridgehead atoms. The Bertz CT molecular complexity index is 852. The van der Waals surface area contributed by atoms with Crippen molar-refractivity contribution in [3.05, 3.63) is 34.9 Å². The van der Waals surface area contributed by atoms with Crippen molar-refractivity contribution in [1.82, 2.24) is 15.5 Å². The minimum absolute atomic E-state index is 0.155. The predicted molar refractivity (Wildman–Crippen MR) is 132 cm³/mol.